The van der Waals surface area contributed by atoms with Crippen LogP contribution >= 0.6 is 0 Å². The summed E-state index contributed by atoms with van der Waals surface area (Å²) in [6.07, 6.45) is 3.69. The molecule has 4 rings (SSSR count). The Labute approximate surface area is 197 Å². The number of azo groups is 1. The number of benzene rings is 2. The fourth-order valence-corrected chi connectivity index (χ4v) is 5.10. The van der Waals surface area contributed by atoms with Gasteiger partial charge >= 0.3 is 29.6 Å². The summed E-state index contributed by atoms with van der Waals surface area (Å²) in [6, 6.07) is 16.1. The molecule has 2 saturated carbocycles. The Morgan fingerprint density at radius 3 is 2.28 bits per heavy atom. The molecule has 2 aromatic rings. The van der Waals surface area contributed by atoms with Crippen molar-refractivity contribution in [2.75, 3.05) is 19.0 Å². The van der Waals surface area contributed by atoms with E-state index in [0.717, 1.165) is 29.2 Å². The van der Waals surface area contributed by atoms with Gasteiger partial charge < -0.3 is 9.64 Å². The summed E-state index contributed by atoms with van der Waals surface area (Å²) in [6.45, 7) is 7.06. The fraction of sp³-hybridized carbons (Fsp3) is 0.500. The maximum absolute atomic E-state index is 6.74. The molecule has 2 fully saturated rings. The second kappa shape index (κ2) is 8.41. The van der Waals surface area contributed by atoms with Crippen LogP contribution in [-0.2, 0) is 0 Å². The first-order chi connectivity index (χ1) is 13.3. The molecule has 4 nitrogen and oxygen atoms in total. The first kappa shape index (κ1) is 22.3. The van der Waals surface area contributed by atoms with Gasteiger partial charge in [0, 0.05) is 25.4 Å². The second-order valence-corrected chi connectivity index (χ2v) is 9.20. The Kier molecular flexibility index (Phi) is 6.47. The summed E-state index contributed by atoms with van der Waals surface area (Å²) >= 11 is 0. The Morgan fingerprint density at radius 1 is 0.931 bits per heavy atom. The molecule has 150 valence electrons. The average Bonchev–Trinajstić information content (AvgIpc) is 3.14. The third-order valence-corrected chi connectivity index (χ3v) is 6.83. The van der Waals surface area contributed by atoms with Crippen LogP contribution in [-0.4, -0.2) is 49.3 Å². The number of fused-ring (bicyclic) bond motifs is 1. The molecule has 0 heterocycles. The molecular weight excluding hydrogens is 369 g/mol. The quantitative estimate of drug-likeness (QED) is 0.447. The molecule has 2 aromatic carbocycles. The molecule has 2 aliphatic rings. The van der Waals surface area contributed by atoms with Crippen LogP contribution in [0, 0.1) is 17.3 Å². The number of para-hydroxylation sites is 2. The predicted molar refractivity (Wildman–Crippen MR) is 122 cm³/mol. The number of ether oxygens (including phenoxy) is 1. The zero-order valence-electron chi connectivity index (χ0n) is 17.6. The molecule has 0 aromatic heterocycles. The zero-order valence-corrected chi connectivity index (χ0v) is 17.6. The molecule has 0 aliphatic heterocycles. The molecule has 0 amide bonds. The molecule has 0 saturated heterocycles. The van der Waals surface area contributed by atoms with Crippen molar-refractivity contribution in [2.45, 2.75) is 45.6 Å². The van der Waals surface area contributed by atoms with Crippen LogP contribution in [0.5, 0.6) is 5.75 Å². The van der Waals surface area contributed by atoms with Crippen LogP contribution in [0.25, 0.3) is 0 Å². The molecule has 3 atom stereocenters. The van der Waals surface area contributed by atoms with Gasteiger partial charge in [0.15, 0.2) is 0 Å². The van der Waals surface area contributed by atoms with E-state index in [2.05, 4.69) is 42.0 Å². The van der Waals surface area contributed by atoms with Crippen molar-refractivity contribution in [2.24, 2.45) is 27.5 Å². The molecule has 0 radical (unpaired) electrons. The molecule has 2 aliphatic carbocycles. The minimum absolute atomic E-state index is 0. The topological polar surface area (TPSA) is 37.2 Å². The average molecular weight is 402 g/mol. The number of nitrogens with zero attached hydrogens (tertiary/aromatic N) is 3. The van der Waals surface area contributed by atoms with E-state index in [-0.39, 0.29) is 40.6 Å². The van der Waals surface area contributed by atoms with Gasteiger partial charge in [-0.3, -0.25) is 0 Å². The van der Waals surface area contributed by atoms with E-state index >= 15 is 0 Å². The van der Waals surface area contributed by atoms with Gasteiger partial charge in [-0.05, 0) is 43.0 Å². The van der Waals surface area contributed by atoms with E-state index in [1.807, 2.05) is 56.6 Å². The number of rotatable bonds is 5. The summed E-state index contributed by atoms with van der Waals surface area (Å²) in [5, 5.41) is 9.12. The van der Waals surface area contributed by atoms with Crippen LogP contribution in [0.2, 0.25) is 0 Å². The molecule has 0 spiro atoms. The number of anilines is 1. The van der Waals surface area contributed by atoms with Crippen LogP contribution in [0.15, 0.2) is 58.8 Å². The van der Waals surface area contributed by atoms with E-state index < -0.39 is 0 Å². The van der Waals surface area contributed by atoms with Crippen LogP contribution < -0.4 is 9.64 Å². The van der Waals surface area contributed by atoms with Gasteiger partial charge in [0.2, 0.25) is 0 Å². The SMILES string of the molecule is CC1CCC2C(C)(C)C2(Oc2ccccc2N=Nc2ccccc2N(C)C)C1.[NaH]. The van der Waals surface area contributed by atoms with Crippen molar-refractivity contribution in [1.82, 2.24) is 0 Å². The Bertz CT molecular complexity index is 895. The van der Waals surface area contributed by atoms with E-state index in [9.17, 15) is 0 Å². The van der Waals surface area contributed by atoms with Crippen molar-refractivity contribution >= 4 is 46.6 Å². The summed E-state index contributed by atoms with van der Waals surface area (Å²) in [5.41, 5.74) is 2.87. The van der Waals surface area contributed by atoms with Crippen LogP contribution in [0.3, 0.4) is 0 Å². The number of hydrogen-bond donors (Lipinski definition) is 0. The summed E-state index contributed by atoms with van der Waals surface area (Å²) < 4.78 is 6.74. The van der Waals surface area contributed by atoms with Crippen molar-refractivity contribution in [3.8, 4) is 5.75 Å². The second-order valence-electron chi connectivity index (χ2n) is 9.20. The molecule has 0 bridgehead atoms. The normalized spacial score (nSPS) is 27.1. The summed E-state index contributed by atoms with van der Waals surface area (Å²) in [7, 11) is 4.04. The van der Waals surface area contributed by atoms with Gasteiger partial charge in [0.1, 0.15) is 22.7 Å². The monoisotopic (exact) mass is 401 g/mol. The van der Waals surface area contributed by atoms with E-state index in [1.54, 1.807) is 0 Å². The molecule has 3 unspecified atom stereocenters. The third kappa shape index (κ3) is 3.99. The standard InChI is InChI=1S/C24H31N3O.Na.H/c1-17-14-15-22-23(2,3)24(22,16-17)28-21-13-9-7-11-19(21)26-25-18-10-6-8-12-20(18)27(4)5;;/h6-13,17,22H,14-16H2,1-5H3;;. The van der Waals surface area contributed by atoms with E-state index in [0.29, 0.717) is 11.8 Å². The van der Waals surface area contributed by atoms with Crippen molar-refractivity contribution < 1.29 is 4.74 Å². The molecule has 0 N–H and O–H groups in total. The minimum atomic E-state index is -0.0577. The zero-order chi connectivity index (χ0) is 19.9. The third-order valence-electron chi connectivity index (χ3n) is 6.83. The van der Waals surface area contributed by atoms with Crippen LogP contribution in [0.1, 0.15) is 40.0 Å². The molecule has 5 heteroatoms. The van der Waals surface area contributed by atoms with Crippen molar-refractivity contribution in [3.63, 3.8) is 0 Å². The summed E-state index contributed by atoms with van der Waals surface area (Å²) in [5.74, 6) is 2.19. The first-order valence-corrected chi connectivity index (χ1v) is 10.3. The number of hydrogen-bond acceptors (Lipinski definition) is 4. The predicted octanol–water partition coefficient (Wildman–Crippen LogP) is 6.11. The molecule has 29 heavy (non-hydrogen) atoms. The van der Waals surface area contributed by atoms with Gasteiger partial charge in [-0.2, -0.15) is 0 Å². The van der Waals surface area contributed by atoms with Gasteiger partial charge in [0.05, 0.1) is 5.69 Å². The van der Waals surface area contributed by atoms with Gasteiger partial charge in [-0.25, -0.2) is 0 Å². The summed E-state index contributed by atoms with van der Waals surface area (Å²) in [4.78, 5) is 2.05. The van der Waals surface area contributed by atoms with Gasteiger partial charge in [0.25, 0.3) is 0 Å². The van der Waals surface area contributed by atoms with Crippen molar-refractivity contribution in [1.29, 1.82) is 0 Å². The first-order valence-electron chi connectivity index (χ1n) is 10.3. The van der Waals surface area contributed by atoms with E-state index in [4.69, 9.17) is 4.74 Å². The maximum atomic E-state index is 6.74. The molecular formula is C24H32N3NaO. The Hall–Kier alpha value is -1.36. The fourth-order valence-electron chi connectivity index (χ4n) is 5.10. The van der Waals surface area contributed by atoms with Gasteiger partial charge in [-0.15, -0.1) is 10.2 Å². The van der Waals surface area contributed by atoms with Crippen molar-refractivity contribution in [3.05, 3.63) is 48.5 Å². The Morgan fingerprint density at radius 2 is 1.55 bits per heavy atom. The Balaban J connectivity index is 0.00000240. The van der Waals surface area contributed by atoms with Gasteiger partial charge in [-0.1, -0.05) is 51.5 Å². The van der Waals surface area contributed by atoms with E-state index in [1.165, 1.54) is 12.8 Å². The van der Waals surface area contributed by atoms with Crippen LogP contribution in [0.4, 0.5) is 17.1 Å².